The molecule has 2 rings (SSSR count). The number of nitrogens with zero attached hydrogens (tertiary/aromatic N) is 2. The molecule has 1 aromatic heterocycles. The van der Waals surface area contributed by atoms with E-state index in [2.05, 4.69) is 44.8 Å². The van der Waals surface area contributed by atoms with Crippen LogP contribution in [0.25, 0.3) is 0 Å². The number of thiazole rings is 1. The average Bonchev–Trinajstić information content (AvgIpc) is 2.86. The van der Waals surface area contributed by atoms with Gasteiger partial charge < -0.3 is 10.2 Å². The normalized spacial score (nSPS) is 23.0. The fourth-order valence-electron chi connectivity index (χ4n) is 3.04. The van der Waals surface area contributed by atoms with Gasteiger partial charge in [-0.25, -0.2) is 4.98 Å². The highest BCUT2D eigenvalue weighted by atomic mass is 32.1. The van der Waals surface area contributed by atoms with Crippen LogP contribution in [0.4, 0.5) is 5.13 Å². The second kappa shape index (κ2) is 7.59. The molecular formula is C17H31N3S. The third kappa shape index (κ3) is 3.98. The fraction of sp³-hybridized carbons (Fsp3) is 0.824. The number of rotatable bonds is 6. The zero-order valence-electron chi connectivity index (χ0n) is 14.3. The van der Waals surface area contributed by atoms with Crippen molar-refractivity contribution in [2.24, 2.45) is 5.92 Å². The Hall–Kier alpha value is -0.610. The maximum absolute atomic E-state index is 5.00. The lowest BCUT2D eigenvalue weighted by atomic mass is 9.92. The minimum Gasteiger partial charge on any atom is -0.345 e. The summed E-state index contributed by atoms with van der Waals surface area (Å²) < 4.78 is 0. The lowest BCUT2D eigenvalue weighted by Gasteiger charge is -2.37. The fourth-order valence-corrected chi connectivity index (χ4v) is 4.33. The molecule has 2 heterocycles. The molecule has 1 saturated heterocycles. The zero-order chi connectivity index (χ0) is 15.4. The summed E-state index contributed by atoms with van der Waals surface area (Å²) >= 11 is 1.90. The molecule has 0 radical (unpaired) electrons. The van der Waals surface area contributed by atoms with Gasteiger partial charge in [-0.1, -0.05) is 27.7 Å². The molecule has 1 aliphatic heterocycles. The zero-order valence-corrected chi connectivity index (χ0v) is 15.1. The van der Waals surface area contributed by atoms with E-state index >= 15 is 0 Å². The number of anilines is 1. The molecule has 120 valence electrons. The van der Waals surface area contributed by atoms with Gasteiger partial charge in [0.15, 0.2) is 5.13 Å². The van der Waals surface area contributed by atoms with Gasteiger partial charge in [0, 0.05) is 24.0 Å². The van der Waals surface area contributed by atoms with Gasteiger partial charge in [-0.3, -0.25) is 0 Å². The molecule has 1 N–H and O–H groups in total. The number of hydrogen-bond donors (Lipinski definition) is 1. The first kappa shape index (κ1) is 16.8. The Morgan fingerprint density at radius 3 is 2.81 bits per heavy atom. The Balaban J connectivity index is 2.17. The first-order valence-corrected chi connectivity index (χ1v) is 9.33. The van der Waals surface area contributed by atoms with Crippen molar-refractivity contribution >= 4 is 16.5 Å². The molecule has 21 heavy (non-hydrogen) atoms. The minimum atomic E-state index is 0.506. The van der Waals surface area contributed by atoms with Crippen LogP contribution in [0.5, 0.6) is 0 Å². The van der Waals surface area contributed by atoms with Crippen LogP contribution < -0.4 is 10.2 Å². The van der Waals surface area contributed by atoms with E-state index in [9.17, 15) is 0 Å². The molecule has 0 bridgehead atoms. The largest absolute Gasteiger partial charge is 0.345 e. The van der Waals surface area contributed by atoms with Crippen molar-refractivity contribution in [2.45, 2.75) is 72.4 Å². The van der Waals surface area contributed by atoms with Crippen LogP contribution in [-0.4, -0.2) is 24.1 Å². The van der Waals surface area contributed by atoms with Crippen LogP contribution in [0.2, 0.25) is 0 Å². The van der Waals surface area contributed by atoms with E-state index in [0.29, 0.717) is 12.0 Å². The van der Waals surface area contributed by atoms with Crippen molar-refractivity contribution in [3.8, 4) is 0 Å². The average molecular weight is 310 g/mol. The van der Waals surface area contributed by atoms with Crippen LogP contribution >= 0.6 is 11.3 Å². The number of hydrogen-bond acceptors (Lipinski definition) is 4. The topological polar surface area (TPSA) is 28.2 Å². The van der Waals surface area contributed by atoms with Gasteiger partial charge in [-0.05, 0) is 44.6 Å². The van der Waals surface area contributed by atoms with E-state index in [1.54, 1.807) is 0 Å². The Bertz CT molecular complexity index is 441. The van der Waals surface area contributed by atoms with Gasteiger partial charge in [0.2, 0.25) is 0 Å². The van der Waals surface area contributed by atoms with Crippen LogP contribution in [-0.2, 0) is 6.54 Å². The van der Waals surface area contributed by atoms with E-state index in [1.807, 2.05) is 11.3 Å². The summed E-state index contributed by atoms with van der Waals surface area (Å²) in [5, 5.41) is 4.78. The lowest BCUT2D eigenvalue weighted by Crippen LogP contribution is -2.42. The third-order valence-electron chi connectivity index (χ3n) is 4.59. The van der Waals surface area contributed by atoms with Crippen LogP contribution in [0.3, 0.4) is 0 Å². The monoisotopic (exact) mass is 309 g/mol. The third-order valence-corrected chi connectivity index (χ3v) is 5.70. The van der Waals surface area contributed by atoms with Crippen molar-refractivity contribution in [3.05, 3.63) is 10.6 Å². The standard InChI is InChI=1S/C17H31N3S/c1-6-9-18-11-15-16(12(2)3)19-17(21-15)20-10-7-8-13(4)14(20)5/h12-14,18H,6-11H2,1-5H3. The number of piperidine rings is 1. The van der Waals surface area contributed by atoms with E-state index in [-0.39, 0.29) is 0 Å². The summed E-state index contributed by atoms with van der Waals surface area (Å²) in [6.07, 6.45) is 3.83. The first-order valence-electron chi connectivity index (χ1n) is 8.51. The van der Waals surface area contributed by atoms with Gasteiger partial charge >= 0.3 is 0 Å². The van der Waals surface area contributed by atoms with Crippen LogP contribution in [0, 0.1) is 5.92 Å². The van der Waals surface area contributed by atoms with E-state index in [0.717, 1.165) is 19.0 Å². The van der Waals surface area contributed by atoms with E-state index < -0.39 is 0 Å². The summed E-state index contributed by atoms with van der Waals surface area (Å²) in [5.41, 5.74) is 1.30. The molecule has 1 fully saturated rings. The van der Waals surface area contributed by atoms with Gasteiger partial charge in [0.05, 0.1) is 5.69 Å². The van der Waals surface area contributed by atoms with Gasteiger partial charge in [-0.15, -0.1) is 11.3 Å². The molecule has 0 aromatic carbocycles. The summed E-state index contributed by atoms with van der Waals surface area (Å²) in [5.74, 6) is 1.28. The second-order valence-electron chi connectivity index (χ2n) is 6.69. The van der Waals surface area contributed by atoms with Gasteiger partial charge in [-0.2, -0.15) is 0 Å². The Morgan fingerprint density at radius 2 is 2.14 bits per heavy atom. The molecular weight excluding hydrogens is 278 g/mol. The Labute approximate surface area is 134 Å². The highest BCUT2D eigenvalue weighted by molar-refractivity contribution is 7.15. The molecule has 2 atom stereocenters. The molecule has 1 aromatic rings. The molecule has 0 aliphatic carbocycles. The summed E-state index contributed by atoms with van der Waals surface area (Å²) in [7, 11) is 0. The van der Waals surface area contributed by atoms with Crippen molar-refractivity contribution < 1.29 is 0 Å². The predicted molar refractivity (Wildman–Crippen MR) is 93.4 cm³/mol. The summed E-state index contributed by atoms with van der Waals surface area (Å²) in [6.45, 7) is 14.7. The maximum Gasteiger partial charge on any atom is 0.186 e. The van der Waals surface area contributed by atoms with Crippen molar-refractivity contribution in [1.29, 1.82) is 0 Å². The minimum absolute atomic E-state index is 0.506. The first-order chi connectivity index (χ1) is 10.0. The summed E-state index contributed by atoms with van der Waals surface area (Å²) in [6, 6.07) is 0.612. The van der Waals surface area contributed by atoms with E-state index in [1.165, 1.54) is 41.5 Å². The smallest absolute Gasteiger partial charge is 0.186 e. The molecule has 3 nitrogen and oxygen atoms in total. The predicted octanol–water partition coefficient (Wildman–Crippen LogP) is 4.39. The maximum atomic E-state index is 5.00. The van der Waals surface area contributed by atoms with Crippen molar-refractivity contribution in [1.82, 2.24) is 10.3 Å². The molecule has 0 spiro atoms. The van der Waals surface area contributed by atoms with Crippen LogP contribution in [0.1, 0.15) is 70.4 Å². The lowest BCUT2D eigenvalue weighted by molar-refractivity contribution is 0.363. The van der Waals surface area contributed by atoms with Crippen LogP contribution in [0.15, 0.2) is 0 Å². The highest BCUT2D eigenvalue weighted by Gasteiger charge is 2.28. The number of nitrogens with one attached hydrogen (secondary N) is 1. The molecule has 1 aliphatic rings. The van der Waals surface area contributed by atoms with E-state index in [4.69, 9.17) is 4.98 Å². The summed E-state index contributed by atoms with van der Waals surface area (Å²) in [4.78, 5) is 8.97. The van der Waals surface area contributed by atoms with Gasteiger partial charge in [0.1, 0.15) is 0 Å². The second-order valence-corrected chi connectivity index (χ2v) is 7.75. The Morgan fingerprint density at radius 1 is 1.38 bits per heavy atom. The van der Waals surface area contributed by atoms with Gasteiger partial charge in [0.25, 0.3) is 0 Å². The van der Waals surface area contributed by atoms with Crippen molar-refractivity contribution in [2.75, 3.05) is 18.0 Å². The quantitative estimate of drug-likeness (QED) is 0.790. The SMILES string of the molecule is CCCNCc1sc(N2CCCC(C)C2C)nc1C(C)C. The number of aromatic nitrogens is 1. The van der Waals surface area contributed by atoms with Crippen molar-refractivity contribution in [3.63, 3.8) is 0 Å². The highest BCUT2D eigenvalue weighted by Crippen LogP contribution is 2.35. The Kier molecular flexibility index (Phi) is 6.06. The molecule has 4 heteroatoms. The molecule has 0 saturated carbocycles. The molecule has 2 unspecified atom stereocenters. The molecule has 0 amide bonds.